The lowest BCUT2D eigenvalue weighted by Gasteiger charge is -2.45. The summed E-state index contributed by atoms with van der Waals surface area (Å²) in [5.74, 6) is 0.834. The zero-order chi connectivity index (χ0) is 19.5. The van der Waals surface area contributed by atoms with E-state index in [0.29, 0.717) is 6.42 Å². The molecule has 144 valence electrons. The standard InChI is InChI=1S/C21H31NO3S/c1-7-15(2)17-14-26-21(6,13-16-11-9-8-10-12-16)18(23)22(17)19(24)25-20(3,4)5/h8-12,15,17H,7,13-14H2,1-6H3/t15-,17+,21-/m0/s1. The van der Waals surface area contributed by atoms with Crippen LogP contribution in [-0.2, 0) is 16.0 Å². The number of imide groups is 1. The number of rotatable bonds is 4. The average molecular weight is 378 g/mol. The summed E-state index contributed by atoms with van der Waals surface area (Å²) in [5.41, 5.74) is 0.472. The van der Waals surface area contributed by atoms with Gasteiger partial charge in [-0.1, -0.05) is 50.6 Å². The topological polar surface area (TPSA) is 46.6 Å². The van der Waals surface area contributed by atoms with Crippen molar-refractivity contribution in [3.8, 4) is 0 Å². The molecule has 1 aromatic carbocycles. The summed E-state index contributed by atoms with van der Waals surface area (Å²) in [6.07, 6.45) is 0.990. The Hall–Kier alpha value is -1.49. The molecule has 2 rings (SSSR count). The minimum atomic E-state index is -0.664. The molecule has 3 atom stereocenters. The van der Waals surface area contributed by atoms with Crippen molar-refractivity contribution in [3.05, 3.63) is 35.9 Å². The third-order valence-electron chi connectivity index (χ3n) is 4.85. The molecular weight excluding hydrogens is 346 g/mol. The lowest BCUT2D eigenvalue weighted by atomic mass is 9.94. The van der Waals surface area contributed by atoms with E-state index in [9.17, 15) is 9.59 Å². The number of nitrogens with zero attached hydrogens (tertiary/aromatic N) is 1. The zero-order valence-corrected chi connectivity index (χ0v) is 17.6. The predicted octanol–water partition coefficient (Wildman–Crippen LogP) is 4.91. The minimum Gasteiger partial charge on any atom is -0.443 e. The van der Waals surface area contributed by atoms with E-state index in [1.165, 1.54) is 4.90 Å². The van der Waals surface area contributed by atoms with E-state index >= 15 is 0 Å². The second kappa shape index (κ2) is 8.03. The van der Waals surface area contributed by atoms with Crippen LogP contribution in [0.1, 0.15) is 53.5 Å². The largest absolute Gasteiger partial charge is 0.443 e. The molecule has 0 saturated carbocycles. The first kappa shape index (κ1) is 20.8. The van der Waals surface area contributed by atoms with Crippen molar-refractivity contribution in [2.24, 2.45) is 5.92 Å². The summed E-state index contributed by atoms with van der Waals surface area (Å²) >= 11 is 1.66. The Labute approximate surface area is 161 Å². The number of amides is 2. The Morgan fingerprint density at radius 3 is 2.50 bits per heavy atom. The number of carbonyl (C=O) groups excluding carboxylic acids is 2. The number of carbonyl (C=O) groups is 2. The van der Waals surface area contributed by atoms with Gasteiger partial charge in [0.05, 0.1) is 10.8 Å². The fraction of sp³-hybridized carbons (Fsp3) is 0.619. The molecule has 1 aliphatic heterocycles. The van der Waals surface area contributed by atoms with Crippen LogP contribution in [0.3, 0.4) is 0 Å². The fourth-order valence-corrected chi connectivity index (χ4v) is 4.65. The van der Waals surface area contributed by atoms with Crippen molar-refractivity contribution in [3.63, 3.8) is 0 Å². The van der Waals surface area contributed by atoms with Crippen molar-refractivity contribution in [1.29, 1.82) is 0 Å². The normalized spacial score (nSPS) is 25.1. The second-order valence-corrected chi connectivity index (χ2v) is 9.84. The highest BCUT2D eigenvalue weighted by atomic mass is 32.2. The van der Waals surface area contributed by atoms with Crippen LogP contribution in [0.4, 0.5) is 4.79 Å². The third kappa shape index (κ3) is 4.81. The van der Waals surface area contributed by atoms with Gasteiger partial charge in [0.25, 0.3) is 0 Å². The molecule has 0 aromatic heterocycles. The third-order valence-corrected chi connectivity index (χ3v) is 6.32. The SMILES string of the molecule is CC[C@H](C)[C@H]1CS[C@@](C)(Cc2ccccc2)C(=O)N1C(=O)OC(C)(C)C. The van der Waals surface area contributed by atoms with Crippen molar-refractivity contribution >= 4 is 23.8 Å². The van der Waals surface area contributed by atoms with Gasteiger partial charge in [-0.15, -0.1) is 11.8 Å². The van der Waals surface area contributed by atoms with Crippen LogP contribution in [0.25, 0.3) is 0 Å². The van der Waals surface area contributed by atoms with Crippen molar-refractivity contribution in [2.75, 3.05) is 5.75 Å². The highest BCUT2D eigenvalue weighted by Crippen LogP contribution is 2.40. The van der Waals surface area contributed by atoms with E-state index in [4.69, 9.17) is 4.74 Å². The highest BCUT2D eigenvalue weighted by molar-refractivity contribution is 8.01. The second-order valence-electron chi connectivity index (χ2n) is 8.31. The first-order chi connectivity index (χ1) is 12.1. The van der Waals surface area contributed by atoms with Gasteiger partial charge in [-0.2, -0.15) is 0 Å². The van der Waals surface area contributed by atoms with Crippen molar-refractivity contribution < 1.29 is 14.3 Å². The maximum atomic E-state index is 13.4. The van der Waals surface area contributed by atoms with Crippen LogP contribution in [0.5, 0.6) is 0 Å². The van der Waals surface area contributed by atoms with Crippen molar-refractivity contribution in [2.45, 2.75) is 70.8 Å². The minimum absolute atomic E-state index is 0.129. The fourth-order valence-electron chi connectivity index (χ4n) is 3.14. The molecule has 1 aromatic rings. The van der Waals surface area contributed by atoms with Crippen LogP contribution in [0.2, 0.25) is 0 Å². The van der Waals surface area contributed by atoms with Crippen LogP contribution < -0.4 is 0 Å². The lowest BCUT2D eigenvalue weighted by Crippen LogP contribution is -2.60. The Balaban J connectivity index is 2.31. The molecule has 0 radical (unpaired) electrons. The summed E-state index contributed by atoms with van der Waals surface area (Å²) in [7, 11) is 0. The number of hydrogen-bond donors (Lipinski definition) is 0. The molecule has 0 unspecified atom stereocenters. The maximum Gasteiger partial charge on any atom is 0.417 e. The maximum absolute atomic E-state index is 13.4. The Morgan fingerprint density at radius 2 is 1.96 bits per heavy atom. The zero-order valence-electron chi connectivity index (χ0n) is 16.7. The number of hydrogen-bond acceptors (Lipinski definition) is 4. The van der Waals surface area contributed by atoms with Gasteiger partial charge in [-0.05, 0) is 45.6 Å². The summed E-state index contributed by atoms with van der Waals surface area (Å²) in [6.45, 7) is 11.6. The van der Waals surface area contributed by atoms with Gasteiger partial charge in [0.1, 0.15) is 5.60 Å². The summed E-state index contributed by atoms with van der Waals surface area (Å²) in [5, 5.41) is 0. The Kier molecular flexibility index (Phi) is 6.43. The quantitative estimate of drug-likeness (QED) is 0.748. The molecular formula is C21H31NO3S. The molecule has 5 heteroatoms. The molecule has 1 heterocycles. The van der Waals surface area contributed by atoms with Gasteiger partial charge in [0, 0.05) is 5.75 Å². The molecule has 1 saturated heterocycles. The highest BCUT2D eigenvalue weighted by Gasteiger charge is 2.49. The van der Waals surface area contributed by atoms with Gasteiger partial charge in [-0.3, -0.25) is 4.79 Å². The Bertz CT molecular complexity index is 640. The molecule has 0 spiro atoms. The van der Waals surface area contributed by atoms with E-state index in [0.717, 1.165) is 17.7 Å². The van der Waals surface area contributed by atoms with E-state index in [1.807, 2.05) is 58.0 Å². The molecule has 4 nitrogen and oxygen atoms in total. The molecule has 2 amide bonds. The molecule has 26 heavy (non-hydrogen) atoms. The van der Waals surface area contributed by atoms with Crippen LogP contribution in [-0.4, -0.2) is 39.0 Å². The number of benzene rings is 1. The molecule has 0 aliphatic carbocycles. The Morgan fingerprint density at radius 1 is 1.35 bits per heavy atom. The lowest BCUT2D eigenvalue weighted by molar-refractivity contribution is -0.136. The van der Waals surface area contributed by atoms with Crippen LogP contribution >= 0.6 is 11.8 Å². The first-order valence-corrected chi connectivity index (χ1v) is 10.3. The van der Waals surface area contributed by atoms with Gasteiger partial charge in [-0.25, -0.2) is 9.69 Å². The van der Waals surface area contributed by atoms with Gasteiger partial charge in [0.2, 0.25) is 5.91 Å². The summed E-state index contributed by atoms with van der Waals surface area (Å²) < 4.78 is 4.91. The van der Waals surface area contributed by atoms with Gasteiger partial charge < -0.3 is 4.74 Å². The van der Waals surface area contributed by atoms with E-state index in [1.54, 1.807) is 11.8 Å². The molecule has 0 bridgehead atoms. The van der Waals surface area contributed by atoms with E-state index < -0.39 is 16.4 Å². The molecule has 1 fully saturated rings. The van der Waals surface area contributed by atoms with Gasteiger partial charge >= 0.3 is 6.09 Å². The number of thioether (sulfide) groups is 1. The van der Waals surface area contributed by atoms with E-state index in [2.05, 4.69) is 13.8 Å². The van der Waals surface area contributed by atoms with Crippen LogP contribution in [0, 0.1) is 5.92 Å². The molecule has 0 N–H and O–H groups in total. The van der Waals surface area contributed by atoms with Gasteiger partial charge in [0.15, 0.2) is 0 Å². The first-order valence-electron chi connectivity index (χ1n) is 9.32. The summed E-state index contributed by atoms with van der Waals surface area (Å²) in [4.78, 5) is 27.7. The monoisotopic (exact) mass is 377 g/mol. The van der Waals surface area contributed by atoms with Crippen molar-refractivity contribution in [1.82, 2.24) is 4.90 Å². The average Bonchev–Trinajstić information content (AvgIpc) is 2.55. The van der Waals surface area contributed by atoms with Crippen LogP contribution in [0.15, 0.2) is 30.3 Å². The molecule has 1 aliphatic rings. The smallest absolute Gasteiger partial charge is 0.417 e. The number of ether oxygens (including phenoxy) is 1. The summed E-state index contributed by atoms with van der Waals surface area (Å²) in [6, 6.07) is 9.84. The van der Waals surface area contributed by atoms with E-state index in [-0.39, 0.29) is 17.9 Å². The predicted molar refractivity (Wildman–Crippen MR) is 107 cm³/mol.